The van der Waals surface area contributed by atoms with Gasteiger partial charge in [0.15, 0.2) is 6.10 Å². The molecule has 0 aliphatic carbocycles. The van der Waals surface area contributed by atoms with Gasteiger partial charge in [-0.25, -0.2) is 4.79 Å². The number of carboxylic acid groups (broad SMARTS) is 1. The average Bonchev–Trinajstić information content (AvgIpc) is 2.74. The van der Waals surface area contributed by atoms with E-state index in [4.69, 9.17) is 16.3 Å². The van der Waals surface area contributed by atoms with Crippen LogP contribution in [0.25, 0.3) is 0 Å². The minimum Gasteiger partial charge on any atom is -0.479 e. The first-order chi connectivity index (χ1) is 7.60. The van der Waals surface area contributed by atoms with Gasteiger partial charge in [0.05, 0.1) is 6.54 Å². The number of terminal acetylenes is 1. The van der Waals surface area contributed by atoms with Gasteiger partial charge in [0.25, 0.3) is 5.91 Å². The second kappa shape index (κ2) is 5.52. The molecule has 0 aromatic carbocycles. The van der Waals surface area contributed by atoms with E-state index in [1.54, 1.807) is 0 Å². The van der Waals surface area contributed by atoms with E-state index < -0.39 is 18.2 Å². The van der Waals surface area contributed by atoms with Crippen molar-refractivity contribution < 1.29 is 19.4 Å². The third-order valence-corrected chi connectivity index (χ3v) is 2.55. The van der Waals surface area contributed by atoms with Crippen molar-refractivity contribution in [3.63, 3.8) is 0 Å². The number of nitrogens with zero attached hydrogens (tertiary/aromatic N) is 1. The molecule has 1 saturated heterocycles. The van der Waals surface area contributed by atoms with Crippen LogP contribution in [0.3, 0.4) is 0 Å². The van der Waals surface area contributed by atoms with Crippen LogP contribution in [-0.2, 0) is 14.3 Å². The zero-order valence-corrected chi connectivity index (χ0v) is 9.18. The highest BCUT2D eigenvalue weighted by Gasteiger charge is 2.36. The topological polar surface area (TPSA) is 66.8 Å². The number of likely N-dealkylation sites (N-methyl/N-ethyl adjacent to an activating group) is 1. The Kier molecular flexibility index (Phi) is 4.32. The predicted molar refractivity (Wildman–Crippen MR) is 56.6 cm³/mol. The fourth-order valence-electron chi connectivity index (χ4n) is 1.66. The van der Waals surface area contributed by atoms with E-state index in [0.29, 0.717) is 19.4 Å². The van der Waals surface area contributed by atoms with Crippen LogP contribution in [0.15, 0.2) is 0 Å². The summed E-state index contributed by atoms with van der Waals surface area (Å²) in [6, 6.07) is 0. The smallest absolute Gasteiger partial charge is 0.332 e. The van der Waals surface area contributed by atoms with Crippen LogP contribution in [0.1, 0.15) is 19.8 Å². The summed E-state index contributed by atoms with van der Waals surface area (Å²) in [5.74, 6) is 1.15. The Hall–Kier alpha value is -1.54. The summed E-state index contributed by atoms with van der Waals surface area (Å²) in [7, 11) is 0. The molecule has 5 heteroatoms. The van der Waals surface area contributed by atoms with Gasteiger partial charge >= 0.3 is 5.97 Å². The lowest BCUT2D eigenvalue weighted by molar-refractivity contribution is -0.154. The molecule has 16 heavy (non-hydrogen) atoms. The zero-order chi connectivity index (χ0) is 12.1. The van der Waals surface area contributed by atoms with Crippen LogP contribution in [0.4, 0.5) is 0 Å². The number of ether oxygens (including phenoxy) is 1. The minimum absolute atomic E-state index is 0.218. The molecule has 0 bridgehead atoms. The van der Waals surface area contributed by atoms with E-state index in [1.807, 2.05) is 6.92 Å². The Morgan fingerprint density at radius 2 is 2.12 bits per heavy atom. The number of carboxylic acids is 1. The van der Waals surface area contributed by atoms with Gasteiger partial charge in [-0.3, -0.25) is 4.79 Å². The molecule has 2 unspecified atom stereocenters. The second-order valence-corrected chi connectivity index (χ2v) is 3.59. The zero-order valence-electron chi connectivity index (χ0n) is 9.18. The van der Waals surface area contributed by atoms with Gasteiger partial charge in [-0.15, -0.1) is 6.42 Å². The fraction of sp³-hybridized carbons (Fsp3) is 0.636. The number of amides is 1. The van der Waals surface area contributed by atoms with Crippen molar-refractivity contribution in [3.8, 4) is 12.3 Å². The summed E-state index contributed by atoms with van der Waals surface area (Å²) in [6.45, 7) is 2.55. The molecule has 0 radical (unpaired) electrons. The molecule has 88 valence electrons. The number of carbonyl (C=O) groups is 2. The van der Waals surface area contributed by atoms with Crippen LogP contribution in [0.2, 0.25) is 0 Å². The van der Waals surface area contributed by atoms with Gasteiger partial charge in [-0.1, -0.05) is 5.92 Å². The molecule has 5 nitrogen and oxygen atoms in total. The van der Waals surface area contributed by atoms with Crippen molar-refractivity contribution >= 4 is 11.9 Å². The van der Waals surface area contributed by atoms with E-state index in [1.165, 1.54) is 4.90 Å². The normalized spacial score (nSPS) is 23.8. The van der Waals surface area contributed by atoms with Gasteiger partial charge < -0.3 is 14.7 Å². The van der Waals surface area contributed by atoms with Gasteiger partial charge in [0.1, 0.15) is 6.10 Å². The summed E-state index contributed by atoms with van der Waals surface area (Å²) < 4.78 is 5.15. The quantitative estimate of drug-likeness (QED) is 0.689. The maximum Gasteiger partial charge on any atom is 0.332 e. The molecule has 1 heterocycles. The first-order valence-corrected chi connectivity index (χ1v) is 5.20. The molecule has 0 aromatic heterocycles. The number of hydrogen-bond donors (Lipinski definition) is 1. The van der Waals surface area contributed by atoms with Gasteiger partial charge in [0.2, 0.25) is 0 Å². The van der Waals surface area contributed by atoms with E-state index in [0.717, 1.165) is 0 Å². The molecule has 1 rings (SSSR count). The molecular formula is C11H15NO4. The number of carbonyl (C=O) groups excluding carboxylic acids is 1. The highest BCUT2D eigenvalue weighted by Crippen LogP contribution is 2.21. The van der Waals surface area contributed by atoms with Crippen LogP contribution in [0.5, 0.6) is 0 Å². The standard InChI is InChI=1S/C11H15NO4/c1-3-7-12(4-2)10(13)8-5-6-9(16-8)11(14)15/h1,8-9H,4-7H2,2H3,(H,14,15). The van der Waals surface area contributed by atoms with Crippen molar-refractivity contribution in [3.05, 3.63) is 0 Å². The largest absolute Gasteiger partial charge is 0.479 e. The summed E-state index contributed by atoms with van der Waals surface area (Å²) in [5, 5.41) is 8.73. The molecule has 0 aromatic rings. The first kappa shape index (κ1) is 12.5. The second-order valence-electron chi connectivity index (χ2n) is 3.59. The van der Waals surface area contributed by atoms with Crippen molar-refractivity contribution in [2.45, 2.75) is 32.0 Å². The maximum atomic E-state index is 11.8. The lowest BCUT2D eigenvalue weighted by atomic mass is 10.2. The lowest BCUT2D eigenvalue weighted by Gasteiger charge is -2.21. The van der Waals surface area contributed by atoms with Gasteiger partial charge in [-0.05, 0) is 19.8 Å². The van der Waals surface area contributed by atoms with E-state index >= 15 is 0 Å². The molecule has 1 fully saturated rings. The molecule has 1 amide bonds. The first-order valence-electron chi connectivity index (χ1n) is 5.20. The highest BCUT2D eigenvalue weighted by molar-refractivity contribution is 5.82. The highest BCUT2D eigenvalue weighted by atomic mass is 16.5. The van der Waals surface area contributed by atoms with Crippen molar-refractivity contribution in [1.29, 1.82) is 0 Å². The van der Waals surface area contributed by atoms with Crippen LogP contribution >= 0.6 is 0 Å². The van der Waals surface area contributed by atoms with Crippen molar-refractivity contribution in [2.24, 2.45) is 0 Å². The summed E-state index contributed by atoms with van der Waals surface area (Å²) in [6.07, 6.45) is 4.43. The molecular weight excluding hydrogens is 210 g/mol. The monoisotopic (exact) mass is 225 g/mol. The molecule has 2 atom stereocenters. The maximum absolute atomic E-state index is 11.8. The van der Waals surface area contributed by atoms with Crippen LogP contribution in [-0.4, -0.2) is 47.2 Å². The Bertz CT molecular complexity index is 320. The van der Waals surface area contributed by atoms with Crippen molar-refractivity contribution in [2.75, 3.05) is 13.1 Å². The molecule has 1 N–H and O–H groups in total. The third kappa shape index (κ3) is 2.74. The Morgan fingerprint density at radius 1 is 1.50 bits per heavy atom. The van der Waals surface area contributed by atoms with Crippen LogP contribution in [0, 0.1) is 12.3 Å². The van der Waals surface area contributed by atoms with Gasteiger partial charge in [0, 0.05) is 6.54 Å². The Morgan fingerprint density at radius 3 is 2.56 bits per heavy atom. The SMILES string of the molecule is C#CCN(CC)C(=O)C1CCC(C(=O)O)O1. The number of rotatable bonds is 4. The van der Waals surface area contributed by atoms with E-state index in [-0.39, 0.29) is 12.5 Å². The summed E-state index contributed by atoms with van der Waals surface area (Å²) in [4.78, 5) is 24.0. The van der Waals surface area contributed by atoms with E-state index in [9.17, 15) is 9.59 Å². The number of aliphatic carboxylic acids is 1. The molecule has 1 aliphatic rings. The molecule has 0 spiro atoms. The predicted octanol–water partition coefficient (Wildman–Crippen LogP) is 0.100. The van der Waals surface area contributed by atoms with Gasteiger partial charge in [-0.2, -0.15) is 0 Å². The van der Waals surface area contributed by atoms with E-state index in [2.05, 4.69) is 5.92 Å². The fourth-order valence-corrected chi connectivity index (χ4v) is 1.66. The summed E-state index contributed by atoms with van der Waals surface area (Å²) >= 11 is 0. The van der Waals surface area contributed by atoms with Crippen LogP contribution < -0.4 is 0 Å². The Balaban J connectivity index is 2.56. The minimum atomic E-state index is -1.02. The Labute approximate surface area is 94.4 Å². The molecule has 0 saturated carbocycles. The third-order valence-electron chi connectivity index (χ3n) is 2.55. The van der Waals surface area contributed by atoms with Crippen molar-refractivity contribution in [1.82, 2.24) is 4.90 Å². The average molecular weight is 225 g/mol. The lowest BCUT2D eigenvalue weighted by Crippen LogP contribution is -2.39. The number of hydrogen-bond acceptors (Lipinski definition) is 3. The molecule has 1 aliphatic heterocycles. The summed E-state index contributed by atoms with van der Waals surface area (Å²) in [5.41, 5.74) is 0.